The Bertz CT molecular complexity index is 399. The smallest absolute Gasteiger partial charge is 0.241 e. The molecular weight excluding hydrogens is 202 g/mol. The first kappa shape index (κ1) is 10.5. The van der Waals surface area contributed by atoms with Gasteiger partial charge >= 0.3 is 0 Å². The first-order valence-corrected chi connectivity index (χ1v) is 4.23. The van der Waals surface area contributed by atoms with Gasteiger partial charge in [-0.25, -0.2) is 0 Å². The van der Waals surface area contributed by atoms with E-state index in [0.29, 0.717) is 22.4 Å². The van der Waals surface area contributed by atoms with Crippen LogP contribution < -0.4 is 5.73 Å². The van der Waals surface area contributed by atoms with Crippen molar-refractivity contribution in [2.45, 2.75) is 0 Å². The van der Waals surface area contributed by atoms with Gasteiger partial charge in [0.1, 0.15) is 6.29 Å². The van der Waals surface area contributed by atoms with Crippen LogP contribution in [0.4, 0.5) is 0 Å². The van der Waals surface area contributed by atoms with E-state index >= 15 is 0 Å². The van der Waals surface area contributed by atoms with Gasteiger partial charge in [-0.15, -0.1) is 0 Å². The Hall–Kier alpha value is -1.61. The minimum Gasteiger partial charge on any atom is -0.366 e. The largest absolute Gasteiger partial charge is 0.366 e. The fourth-order valence-corrected chi connectivity index (χ4v) is 1.12. The summed E-state index contributed by atoms with van der Waals surface area (Å²) in [6.45, 7) is 0. The van der Waals surface area contributed by atoms with Gasteiger partial charge in [-0.05, 0) is 23.8 Å². The molecule has 4 heteroatoms. The van der Waals surface area contributed by atoms with Gasteiger partial charge in [0.2, 0.25) is 5.91 Å². The van der Waals surface area contributed by atoms with Gasteiger partial charge in [0.25, 0.3) is 0 Å². The van der Waals surface area contributed by atoms with Gasteiger partial charge in [-0.3, -0.25) is 9.59 Å². The minimum absolute atomic E-state index is 0.466. The summed E-state index contributed by atoms with van der Waals surface area (Å²) in [4.78, 5) is 20.9. The standard InChI is InChI=1S/C10H8ClNO2/c11-9-3-1-7(6-13)5-8(9)2-4-10(12)14/h1-6H,(H2,12,14). The maximum absolute atomic E-state index is 10.5. The molecule has 1 aromatic carbocycles. The van der Waals surface area contributed by atoms with Crippen molar-refractivity contribution in [1.29, 1.82) is 0 Å². The molecule has 0 aliphatic heterocycles. The van der Waals surface area contributed by atoms with Crippen LogP contribution in [0.3, 0.4) is 0 Å². The second-order valence-corrected chi connectivity index (χ2v) is 3.04. The number of halogens is 1. The average Bonchev–Trinajstić information content (AvgIpc) is 2.16. The number of carbonyl (C=O) groups excluding carboxylic acids is 2. The maximum atomic E-state index is 10.5. The quantitative estimate of drug-likeness (QED) is 0.608. The van der Waals surface area contributed by atoms with Gasteiger partial charge in [0, 0.05) is 16.7 Å². The van der Waals surface area contributed by atoms with Crippen molar-refractivity contribution < 1.29 is 9.59 Å². The van der Waals surface area contributed by atoms with Crippen molar-refractivity contribution in [3.8, 4) is 0 Å². The molecule has 0 unspecified atom stereocenters. The van der Waals surface area contributed by atoms with Crippen LogP contribution in [0.2, 0.25) is 5.02 Å². The van der Waals surface area contributed by atoms with Crippen LogP contribution in [0.15, 0.2) is 24.3 Å². The van der Waals surface area contributed by atoms with Crippen molar-refractivity contribution >= 4 is 29.9 Å². The van der Waals surface area contributed by atoms with E-state index in [9.17, 15) is 9.59 Å². The van der Waals surface area contributed by atoms with E-state index in [-0.39, 0.29) is 0 Å². The molecule has 0 fully saturated rings. The minimum atomic E-state index is -0.558. The Balaban J connectivity index is 3.06. The summed E-state index contributed by atoms with van der Waals surface area (Å²) in [6.07, 6.45) is 3.37. The zero-order chi connectivity index (χ0) is 10.6. The lowest BCUT2D eigenvalue weighted by Gasteiger charge is -1.98. The molecule has 0 aromatic heterocycles. The van der Waals surface area contributed by atoms with Crippen LogP contribution in [-0.2, 0) is 4.79 Å². The van der Waals surface area contributed by atoms with Crippen molar-refractivity contribution in [2.24, 2.45) is 5.73 Å². The van der Waals surface area contributed by atoms with Gasteiger partial charge in [-0.2, -0.15) is 0 Å². The number of amides is 1. The fraction of sp³-hybridized carbons (Fsp3) is 0. The van der Waals surface area contributed by atoms with Crippen molar-refractivity contribution in [2.75, 3.05) is 0 Å². The maximum Gasteiger partial charge on any atom is 0.241 e. The molecule has 3 nitrogen and oxygen atoms in total. The predicted molar refractivity (Wildman–Crippen MR) is 55.1 cm³/mol. The van der Waals surface area contributed by atoms with Crippen LogP contribution >= 0.6 is 11.6 Å². The van der Waals surface area contributed by atoms with Crippen molar-refractivity contribution in [3.05, 3.63) is 40.4 Å². The molecule has 72 valence electrons. The van der Waals surface area contributed by atoms with Crippen LogP contribution in [0.25, 0.3) is 6.08 Å². The molecule has 14 heavy (non-hydrogen) atoms. The fourth-order valence-electron chi connectivity index (χ4n) is 0.935. The normalized spacial score (nSPS) is 10.4. The van der Waals surface area contributed by atoms with Crippen LogP contribution in [-0.4, -0.2) is 12.2 Å². The number of nitrogens with two attached hydrogens (primary N) is 1. The molecule has 0 atom stereocenters. The monoisotopic (exact) mass is 209 g/mol. The van der Waals surface area contributed by atoms with Gasteiger partial charge in [0.05, 0.1) is 0 Å². The first-order chi connectivity index (χ1) is 6.63. The highest BCUT2D eigenvalue weighted by Crippen LogP contribution is 2.18. The first-order valence-electron chi connectivity index (χ1n) is 3.85. The molecule has 2 N–H and O–H groups in total. The summed E-state index contributed by atoms with van der Waals surface area (Å²) in [5, 5.41) is 0.466. The van der Waals surface area contributed by atoms with Crippen molar-refractivity contribution in [1.82, 2.24) is 0 Å². The topological polar surface area (TPSA) is 60.2 Å². The number of carbonyl (C=O) groups is 2. The number of primary amides is 1. The summed E-state index contributed by atoms with van der Waals surface area (Å²) in [6, 6.07) is 4.76. The molecule has 1 amide bonds. The third-order valence-corrected chi connectivity index (χ3v) is 1.93. The van der Waals surface area contributed by atoms with Crippen LogP contribution in [0.1, 0.15) is 15.9 Å². The average molecular weight is 210 g/mol. The van der Waals surface area contributed by atoms with E-state index < -0.39 is 5.91 Å². The third kappa shape index (κ3) is 2.71. The number of hydrogen-bond donors (Lipinski definition) is 1. The molecule has 1 aromatic rings. The molecule has 0 saturated carbocycles. The highest BCUT2D eigenvalue weighted by atomic mass is 35.5. The van der Waals surface area contributed by atoms with Crippen LogP contribution in [0, 0.1) is 0 Å². The second-order valence-electron chi connectivity index (χ2n) is 2.63. The molecule has 0 aliphatic carbocycles. The zero-order valence-corrected chi connectivity index (χ0v) is 7.99. The van der Waals surface area contributed by atoms with Gasteiger partial charge < -0.3 is 5.73 Å². The van der Waals surface area contributed by atoms with E-state index in [4.69, 9.17) is 17.3 Å². The van der Waals surface area contributed by atoms with E-state index in [2.05, 4.69) is 0 Å². The van der Waals surface area contributed by atoms with Gasteiger partial charge in [-0.1, -0.05) is 17.7 Å². The zero-order valence-electron chi connectivity index (χ0n) is 7.24. The number of rotatable bonds is 3. The molecule has 0 bridgehead atoms. The SMILES string of the molecule is NC(=O)C=Cc1cc(C=O)ccc1Cl. The second kappa shape index (κ2) is 4.58. The summed E-state index contributed by atoms with van der Waals surface area (Å²) >= 11 is 5.82. The molecule has 1 rings (SSSR count). The summed E-state index contributed by atoms with van der Waals surface area (Å²) in [5.41, 5.74) is 6.01. The number of aldehydes is 1. The molecular formula is C10H8ClNO2. The number of hydrogen-bond acceptors (Lipinski definition) is 2. The predicted octanol–water partition coefficient (Wildman–Crippen LogP) is 1.65. The van der Waals surface area contributed by atoms with E-state index in [1.807, 2.05) is 0 Å². The Labute approximate surface area is 86.2 Å². The summed E-state index contributed by atoms with van der Waals surface area (Å²) in [5.74, 6) is -0.558. The highest BCUT2D eigenvalue weighted by molar-refractivity contribution is 6.32. The lowest BCUT2D eigenvalue weighted by atomic mass is 10.1. The molecule has 0 saturated heterocycles. The lowest BCUT2D eigenvalue weighted by Crippen LogP contribution is -2.05. The van der Waals surface area contributed by atoms with Gasteiger partial charge in [0.15, 0.2) is 0 Å². The Morgan fingerprint density at radius 3 is 2.71 bits per heavy atom. The molecule has 0 heterocycles. The van der Waals surface area contributed by atoms with Crippen molar-refractivity contribution in [3.63, 3.8) is 0 Å². The Kier molecular flexibility index (Phi) is 3.42. The van der Waals surface area contributed by atoms with Crippen LogP contribution in [0.5, 0.6) is 0 Å². The number of benzene rings is 1. The lowest BCUT2D eigenvalue weighted by molar-refractivity contribution is -0.113. The summed E-state index contributed by atoms with van der Waals surface area (Å²) in [7, 11) is 0. The molecule has 0 spiro atoms. The Morgan fingerprint density at radius 2 is 2.14 bits per heavy atom. The molecule has 0 aliphatic rings. The van der Waals surface area contributed by atoms with E-state index in [1.54, 1.807) is 18.2 Å². The van der Waals surface area contributed by atoms with E-state index in [0.717, 1.165) is 0 Å². The highest BCUT2D eigenvalue weighted by Gasteiger charge is 1.98. The van der Waals surface area contributed by atoms with E-state index in [1.165, 1.54) is 12.2 Å². The Morgan fingerprint density at radius 1 is 1.43 bits per heavy atom. The third-order valence-electron chi connectivity index (χ3n) is 1.58. The molecule has 0 radical (unpaired) electrons. The summed E-state index contributed by atoms with van der Waals surface area (Å²) < 4.78 is 0.